The minimum atomic E-state index is -0.240. The van der Waals surface area contributed by atoms with Gasteiger partial charge in [-0.15, -0.1) is 0 Å². The minimum absolute atomic E-state index is 0.139. The molecule has 0 aliphatic carbocycles. The highest BCUT2D eigenvalue weighted by Gasteiger charge is 2.28. The Bertz CT molecular complexity index is 667. The van der Waals surface area contributed by atoms with Crippen LogP contribution in [0.2, 0.25) is 0 Å². The van der Waals surface area contributed by atoms with Crippen LogP contribution in [0.15, 0.2) is 28.8 Å². The third-order valence-electron chi connectivity index (χ3n) is 3.66. The molecule has 0 aliphatic heterocycles. The molecular weight excluding hydrogens is 292 g/mol. The summed E-state index contributed by atoms with van der Waals surface area (Å²) in [5.41, 5.74) is 2.12. The zero-order valence-electron chi connectivity index (χ0n) is 14.1. The predicted octanol–water partition coefficient (Wildman–Crippen LogP) is 3.35. The first-order chi connectivity index (χ1) is 10.8. The second-order valence-corrected chi connectivity index (χ2v) is 6.74. The summed E-state index contributed by atoms with van der Waals surface area (Å²) in [6.45, 7) is 8.35. The fourth-order valence-electron chi connectivity index (χ4n) is 2.40. The molecule has 0 saturated heterocycles. The van der Waals surface area contributed by atoms with E-state index >= 15 is 0 Å². The molecule has 1 amide bonds. The van der Waals surface area contributed by atoms with Gasteiger partial charge >= 0.3 is 0 Å². The number of phenols is 1. The van der Waals surface area contributed by atoms with Crippen LogP contribution < -0.4 is 5.32 Å². The third kappa shape index (κ3) is 4.34. The fraction of sp³-hybridized carbons (Fsp3) is 0.444. The number of rotatable bonds is 5. The summed E-state index contributed by atoms with van der Waals surface area (Å²) >= 11 is 0. The molecule has 5 heteroatoms. The van der Waals surface area contributed by atoms with Crippen LogP contribution in [-0.4, -0.2) is 22.7 Å². The Morgan fingerprint density at radius 1 is 1.26 bits per heavy atom. The molecule has 1 aromatic carbocycles. The molecule has 23 heavy (non-hydrogen) atoms. The van der Waals surface area contributed by atoms with Crippen molar-refractivity contribution in [2.24, 2.45) is 0 Å². The lowest BCUT2D eigenvalue weighted by molar-refractivity contribution is 0.0949. The number of hydrogen-bond donors (Lipinski definition) is 2. The molecule has 0 fully saturated rings. The maximum Gasteiger partial charge on any atom is 0.256 e. The average Bonchev–Trinajstić information content (AvgIpc) is 2.87. The van der Waals surface area contributed by atoms with E-state index in [-0.39, 0.29) is 17.1 Å². The third-order valence-corrected chi connectivity index (χ3v) is 3.66. The lowest BCUT2D eigenvalue weighted by Gasteiger charge is -2.16. The van der Waals surface area contributed by atoms with Crippen molar-refractivity contribution >= 4 is 5.91 Å². The number of benzene rings is 1. The smallest absolute Gasteiger partial charge is 0.256 e. The van der Waals surface area contributed by atoms with Crippen LogP contribution in [-0.2, 0) is 11.8 Å². The highest BCUT2D eigenvalue weighted by Crippen LogP contribution is 2.26. The van der Waals surface area contributed by atoms with Gasteiger partial charge in [-0.1, -0.05) is 38.1 Å². The summed E-state index contributed by atoms with van der Waals surface area (Å²) in [7, 11) is 0. The van der Waals surface area contributed by atoms with Crippen molar-refractivity contribution in [3.8, 4) is 5.75 Å². The number of amides is 1. The number of phenolic OH excluding ortho intramolecular Hbond substituents is 1. The van der Waals surface area contributed by atoms with Crippen LogP contribution in [0.5, 0.6) is 5.75 Å². The molecule has 0 radical (unpaired) electrons. The molecule has 2 N–H and O–H groups in total. The highest BCUT2D eigenvalue weighted by atomic mass is 16.5. The van der Waals surface area contributed by atoms with E-state index in [4.69, 9.17) is 4.52 Å². The van der Waals surface area contributed by atoms with Crippen LogP contribution in [0.25, 0.3) is 0 Å². The molecule has 1 heterocycles. The maximum absolute atomic E-state index is 12.4. The van der Waals surface area contributed by atoms with Crippen LogP contribution in [0.1, 0.15) is 54.6 Å². The molecule has 0 spiro atoms. The van der Waals surface area contributed by atoms with Crippen LogP contribution >= 0.6 is 0 Å². The second-order valence-electron chi connectivity index (χ2n) is 6.74. The lowest BCUT2D eigenvalue weighted by Crippen LogP contribution is -2.28. The van der Waals surface area contributed by atoms with Gasteiger partial charge in [0.05, 0.1) is 0 Å². The van der Waals surface area contributed by atoms with Gasteiger partial charge in [0.25, 0.3) is 5.91 Å². The van der Waals surface area contributed by atoms with Gasteiger partial charge in [0.15, 0.2) is 0 Å². The van der Waals surface area contributed by atoms with Crippen LogP contribution in [0.3, 0.4) is 0 Å². The van der Waals surface area contributed by atoms with Crippen molar-refractivity contribution in [3.05, 3.63) is 46.8 Å². The SMILES string of the molecule is Cc1onc(C(C)(C)C)c1C(=O)NCCCc1ccc(O)cc1. The maximum atomic E-state index is 12.4. The highest BCUT2D eigenvalue weighted by molar-refractivity contribution is 5.96. The molecule has 1 aromatic heterocycles. The van der Waals surface area contributed by atoms with Gasteiger partial charge in [0, 0.05) is 12.0 Å². The van der Waals surface area contributed by atoms with E-state index in [1.165, 1.54) is 0 Å². The second kappa shape index (κ2) is 6.86. The van der Waals surface area contributed by atoms with Crippen LogP contribution in [0, 0.1) is 6.92 Å². The zero-order chi connectivity index (χ0) is 17.0. The number of carbonyl (C=O) groups is 1. The first kappa shape index (κ1) is 17.1. The Morgan fingerprint density at radius 3 is 2.52 bits per heavy atom. The van der Waals surface area contributed by atoms with E-state index in [1.807, 2.05) is 32.9 Å². The van der Waals surface area contributed by atoms with E-state index in [0.29, 0.717) is 23.6 Å². The summed E-state index contributed by atoms with van der Waals surface area (Å²) in [5, 5.41) is 16.2. The standard InChI is InChI=1S/C18H24N2O3/c1-12-15(16(20-23-12)18(2,3)4)17(22)19-11-5-6-13-7-9-14(21)10-8-13/h7-10,21H,5-6,11H2,1-4H3,(H,19,22). The van der Waals surface area contributed by atoms with Crippen molar-refractivity contribution in [1.82, 2.24) is 10.5 Å². The average molecular weight is 316 g/mol. The van der Waals surface area contributed by atoms with Crippen molar-refractivity contribution in [2.75, 3.05) is 6.54 Å². The lowest BCUT2D eigenvalue weighted by atomic mass is 9.88. The van der Waals surface area contributed by atoms with Gasteiger partial charge in [0.1, 0.15) is 22.8 Å². The van der Waals surface area contributed by atoms with E-state index in [1.54, 1.807) is 19.1 Å². The number of hydrogen-bond acceptors (Lipinski definition) is 4. The fourth-order valence-corrected chi connectivity index (χ4v) is 2.40. The Labute approximate surface area is 136 Å². The first-order valence-electron chi connectivity index (χ1n) is 7.82. The Morgan fingerprint density at radius 2 is 1.91 bits per heavy atom. The summed E-state index contributed by atoms with van der Waals surface area (Å²) in [5.74, 6) is 0.671. The number of aromatic nitrogens is 1. The molecule has 2 aromatic rings. The molecule has 5 nitrogen and oxygen atoms in total. The van der Waals surface area contributed by atoms with Gasteiger partial charge in [-0.25, -0.2) is 0 Å². The normalized spacial score (nSPS) is 11.5. The van der Waals surface area contributed by atoms with E-state index in [9.17, 15) is 9.90 Å². The number of aromatic hydroxyl groups is 1. The van der Waals surface area contributed by atoms with Crippen molar-refractivity contribution < 1.29 is 14.4 Å². The number of nitrogens with one attached hydrogen (secondary N) is 1. The van der Waals surface area contributed by atoms with Crippen molar-refractivity contribution in [1.29, 1.82) is 0 Å². The molecule has 0 saturated carbocycles. The predicted molar refractivity (Wildman–Crippen MR) is 88.7 cm³/mol. The van der Waals surface area contributed by atoms with Gasteiger partial charge < -0.3 is 14.9 Å². The van der Waals surface area contributed by atoms with Crippen LogP contribution in [0.4, 0.5) is 0 Å². The van der Waals surface area contributed by atoms with E-state index in [0.717, 1.165) is 18.4 Å². The summed E-state index contributed by atoms with van der Waals surface area (Å²) < 4.78 is 5.20. The first-order valence-corrected chi connectivity index (χ1v) is 7.82. The number of aryl methyl sites for hydroxylation is 2. The van der Waals surface area contributed by atoms with Gasteiger partial charge in [-0.05, 0) is 37.5 Å². The summed E-state index contributed by atoms with van der Waals surface area (Å²) in [6.07, 6.45) is 1.67. The van der Waals surface area contributed by atoms with E-state index < -0.39 is 0 Å². The summed E-state index contributed by atoms with van der Waals surface area (Å²) in [4.78, 5) is 12.4. The van der Waals surface area contributed by atoms with Crippen molar-refractivity contribution in [2.45, 2.75) is 46.0 Å². The quantitative estimate of drug-likeness (QED) is 0.830. The molecule has 124 valence electrons. The Balaban J connectivity index is 1.90. The number of nitrogens with zero attached hydrogens (tertiary/aromatic N) is 1. The van der Waals surface area contributed by atoms with Crippen molar-refractivity contribution in [3.63, 3.8) is 0 Å². The molecule has 2 rings (SSSR count). The minimum Gasteiger partial charge on any atom is -0.508 e. The Hall–Kier alpha value is -2.30. The molecule has 0 aliphatic rings. The van der Waals surface area contributed by atoms with E-state index in [2.05, 4.69) is 10.5 Å². The monoisotopic (exact) mass is 316 g/mol. The molecule has 0 atom stereocenters. The zero-order valence-corrected chi connectivity index (χ0v) is 14.1. The topological polar surface area (TPSA) is 75.4 Å². The molecule has 0 bridgehead atoms. The Kier molecular flexibility index (Phi) is 5.08. The van der Waals surface area contributed by atoms with Gasteiger partial charge in [-0.3, -0.25) is 4.79 Å². The summed E-state index contributed by atoms with van der Waals surface area (Å²) in [6, 6.07) is 7.12. The van der Waals surface area contributed by atoms with Gasteiger partial charge in [-0.2, -0.15) is 0 Å². The molecular formula is C18H24N2O3. The number of carbonyl (C=O) groups excluding carboxylic acids is 1. The largest absolute Gasteiger partial charge is 0.508 e. The molecule has 0 unspecified atom stereocenters. The van der Waals surface area contributed by atoms with Gasteiger partial charge in [0.2, 0.25) is 0 Å².